The quantitative estimate of drug-likeness (QED) is 0.777. The van der Waals surface area contributed by atoms with E-state index in [9.17, 15) is 13.8 Å². The average Bonchev–Trinajstić information content (AvgIpc) is 2.33. The molecule has 0 radical (unpaired) electrons. The number of rotatable bonds is 7. The van der Waals surface area contributed by atoms with Gasteiger partial charge in [0, 0.05) is 0 Å². The van der Waals surface area contributed by atoms with Crippen molar-refractivity contribution in [3.63, 3.8) is 0 Å². The number of carbonyl (C=O) groups is 1. The molecule has 1 rings (SSSR count). The monoisotopic (exact) mass is 323 g/mol. The van der Waals surface area contributed by atoms with Crippen molar-refractivity contribution in [2.75, 3.05) is 24.7 Å². The number of hydrogen-bond acceptors (Lipinski definition) is 4. The fourth-order valence-corrected chi connectivity index (χ4v) is 3.17. The summed E-state index contributed by atoms with van der Waals surface area (Å²) in [4.78, 5) is 11.8. The van der Waals surface area contributed by atoms with Crippen molar-refractivity contribution in [3.05, 3.63) is 29.0 Å². The zero-order valence-corrected chi connectivity index (χ0v) is 12.8. The lowest BCUT2D eigenvalue weighted by atomic mass is 10.3. The first-order valence-electron chi connectivity index (χ1n) is 6.03. The Balaban J connectivity index is 2.73. The first-order chi connectivity index (χ1) is 9.40. The second kappa shape index (κ2) is 7.74. The van der Waals surface area contributed by atoms with Crippen LogP contribution in [0.15, 0.2) is 18.2 Å². The van der Waals surface area contributed by atoms with Crippen LogP contribution in [0.2, 0.25) is 5.02 Å². The Morgan fingerprint density at radius 3 is 2.45 bits per heavy atom. The highest BCUT2D eigenvalue weighted by Gasteiger charge is 2.27. The van der Waals surface area contributed by atoms with E-state index in [0.29, 0.717) is 0 Å². The van der Waals surface area contributed by atoms with Crippen molar-refractivity contribution in [1.29, 1.82) is 0 Å². The van der Waals surface area contributed by atoms with Crippen molar-refractivity contribution >= 4 is 30.8 Å². The Kier molecular flexibility index (Phi) is 6.62. The van der Waals surface area contributed by atoms with Gasteiger partial charge in [0.25, 0.3) is 0 Å². The SMILES string of the molecule is CCOP(=O)(CC(=O)Nc1ccc(F)cc1Cl)OCC. The van der Waals surface area contributed by atoms with Gasteiger partial charge in [0.1, 0.15) is 12.0 Å². The molecule has 20 heavy (non-hydrogen) atoms. The van der Waals surface area contributed by atoms with Gasteiger partial charge >= 0.3 is 7.60 Å². The van der Waals surface area contributed by atoms with Gasteiger partial charge in [0.05, 0.1) is 23.9 Å². The lowest BCUT2D eigenvalue weighted by Crippen LogP contribution is -2.18. The van der Waals surface area contributed by atoms with E-state index in [-0.39, 0.29) is 23.9 Å². The van der Waals surface area contributed by atoms with E-state index in [1.54, 1.807) is 13.8 Å². The van der Waals surface area contributed by atoms with Crippen LogP contribution in [0.5, 0.6) is 0 Å². The minimum absolute atomic E-state index is 0.0565. The molecule has 0 aliphatic carbocycles. The zero-order chi connectivity index (χ0) is 15.2. The number of anilines is 1. The smallest absolute Gasteiger partial charge is 0.324 e. The van der Waals surface area contributed by atoms with Gasteiger partial charge in [0.2, 0.25) is 5.91 Å². The lowest BCUT2D eigenvalue weighted by molar-refractivity contribution is -0.114. The van der Waals surface area contributed by atoms with Crippen molar-refractivity contribution in [2.45, 2.75) is 13.8 Å². The van der Waals surface area contributed by atoms with Crippen LogP contribution in [-0.2, 0) is 18.4 Å². The van der Waals surface area contributed by atoms with Gasteiger partial charge < -0.3 is 14.4 Å². The number of halogens is 2. The highest BCUT2D eigenvalue weighted by atomic mass is 35.5. The maximum atomic E-state index is 12.9. The Bertz CT molecular complexity index is 516. The predicted octanol–water partition coefficient (Wildman–Crippen LogP) is 3.68. The summed E-state index contributed by atoms with van der Waals surface area (Å²) < 4.78 is 35.0. The average molecular weight is 324 g/mol. The number of hydrogen-bond donors (Lipinski definition) is 1. The van der Waals surface area contributed by atoms with Crippen LogP contribution >= 0.6 is 19.2 Å². The molecule has 0 bridgehead atoms. The van der Waals surface area contributed by atoms with Gasteiger partial charge in [-0.25, -0.2) is 4.39 Å². The van der Waals surface area contributed by atoms with Crippen LogP contribution in [0.1, 0.15) is 13.8 Å². The van der Waals surface area contributed by atoms with Gasteiger partial charge in [0.15, 0.2) is 0 Å². The molecular formula is C12H16ClFNO4P. The number of carbonyl (C=O) groups excluding carboxylic acids is 1. The third-order valence-corrected chi connectivity index (χ3v) is 4.48. The minimum atomic E-state index is -3.47. The summed E-state index contributed by atoms with van der Waals surface area (Å²) in [5.41, 5.74) is 0.234. The second-order valence-electron chi connectivity index (χ2n) is 3.78. The lowest BCUT2D eigenvalue weighted by Gasteiger charge is -2.16. The molecule has 0 aliphatic heterocycles. The van der Waals surface area contributed by atoms with Gasteiger partial charge in [-0.15, -0.1) is 0 Å². The predicted molar refractivity (Wildman–Crippen MR) is 75.8 cm³/mol. The molecule has 0 fully saturated rings. The Hall–Kier alpha value is -0.940. The summed E-state index contributed by atoms with van der Waals surface area (Å²) in [7, 11) is -3.47. The Labute approximate surface area is 121 Å². The first-order valence-corrected chi connectivity index (χ1v) is 8.14. The highest BCUT2D eigenvalue weighted by Crippen LogP contribution is 2.47. The first kappa shape index (κ1) is 17.1. The second-order valence-corrected chi connectivity index (χ2v) is 6.24. The molecule has 0 spiro atoms. The summed E-state index contributed by atoms with van der Waals surface area (Å²) >= 11 is 5.78. The number of nitrogens with one attached hydrogen (secondary N) is 1. The van der Waals surface area contributed by atoms with E-state index >= 15 is 0 Å². The van der Waals surface area contributed by atoms with Crippen LogP contribution in [-0.4, -0.2) is 25.3 Å². The third kappa shape index (κ3) is 5.21. The van der Waals surface area contributed by atoms with E-state index in [1.807, 2.05) is 0 Å². The highest BCUT2D eigenvalue weighted by molar-refractivity contribution is 7.54. The molecular weight excluding hydrogens is 308 g/mol. The van der Waals surface area contributed by atoms with Crippen molar-refractivity contribution in [2.24, 2.45) is 0 Å². The fraction of sp³-hybridized carbons (Fsp3) is 0.417. The standard InChI is InChI=1S/C12H16ClFNO4P/c1-3-18-20(17,19-4-2)8-12(16)15-11-6-5-9(14)7-10(11)13/h5-7H,3-4,8H2,1-2H3,(H,15,16). The number of benzene rings is 1. The van der Waals surface area contributed by atoms with Crippen LogP contribution in [0, 0.1) is 5.82 Å². The summed E-state index contributed by atoms with van der Waals surface area (Å²) in [5, 5.41) is 2.50. The van der Waals surface area contributed by atoms with Crippen molar-refractivity contribution in [3.8, 4) is 0 Å². The molecule has 0 aliphatic rings. The van der Waals surface area contributed by atoms with E-state index in [0.717, 1.165) is 12.1 Å². The summed E-state index contributed by atoms with van der Waals surface area (Å²) in [6.07, 6.45) is -0.428. The minimum Gasteiger partial charge on any atom is -0.324 e. The molecule has 112 valence electrons. The van der Waals surface area contributed by atoms with Gasteiger partial charge in [-0.1, -0.05) is 11.6 Å². The van der Waals surface area contributed by atoms with E-state index in [2.05, 4.69) is 5.32 Å². The van der Waals surface area contributed by atoms with Crippen LogP contribution in [0.4, 0.5) is 10.1 Å². The number of amides is 1. The molecule has 0 aromatic heterocycles. The topological polar surface area (TPSA) is 64.6 Å². The molecule has 0 atom stereocenters. The van der Waals surface area contributed by atoms with Crippen LogP contribution < -0.4 is 5.32 Å². The summed E-state index contributed by atoms with van der Waals surface area (Å²) in [5.74, 6) is -1.09. The Morgan fingerprint density at radius 2 is 1.95 bits per heavy atom. The van der Waals surface area contributed by atoms with Crippen molar-refractivity contribution < 1.29 is 22.8 Å². The zero-order valence-electron chi connectivity index (χ0n) is 11.2. The molecule has 0 unspecified atom stereocenters. The van der Waals surface area contributed by atoms with Crippen LogP contribution in [0.3, 0.4) is 0 Å². The third-order valence-electron chi connectivity index (χ3n) is 2.19. The maximum absolute atomic E-state index is 12.9. The molecule has 0 saturated heterocycles. The van der Waals surface area contributed by atoms with Gasteiger partial charge in [-0.2, -0.15) is 0 Å². The van der Waals surface area contributed by atoms with E-state index < -0.39 is 25.5 Å². The molecule has 0 saturated carbocycles. The summed E-state index contributed by atoms with van der Waals surface area (Å²) in [6, 6.07) is 3.55. The van der Waals surface area contributed by atoms with Crippen molar-refractivity contribution in [1.82, 2.24) is 0 Å². The molecule has 0 heterocycles. The molecule has 1 aromatic carbocycles. The largest absolute Gasteiger partial charge is 0.340 e. The van der Waals surface area contributed by atoms with E-state index in [4.69, 9.17) is 20.6 Å². The molecule has 5 nitrogen and oxygen atoms in total. The van der Waals surface area contributed by atoms with Gasteiger partial charge in [-0.05, 0) is 32.0 Å². The molecule has 1 N–H and O–H groups in total. The summed E-state index contributed by atoms with van der Waals surface area (Å²) in [6.45, 7) is 3.64. The van der Waals surface area contributed by atoms with Gasteiger partial charge in [-0.3, -0.25) is 9.36 Å². The van der Waals surface area contributed by atoms with E-state index in [1.165, 1.54) is 6.07 Å². The maximum Gasteiger partial charge on any atom is 0.340 e. The Morgan fingerprint density at radius 1 is 1.35 bits per heavy atom. The molecule has 1 amide bonds. The molecule has 1 aromatic rings. The fourth-order valence-electron chi connectivity index (χ4n) is 1.48. The molecule has 8 heteroatoms. The van der Waals surface area contributed by atoms with Crippen LogP contribution in [0.25, 0.3) is 0 Å². The normalized spacial score (nSPS) is 11.4.